The topological polar surface area (TPSA) is 83.9 Å². The van der Waals surface area contributed by atoms with Gasteiger partial charge in [0, 0.05) is 12.8 Å². The molecule has 6 heteroatoms. The minimum atomic E-state index is -1.07. The number of rotatable bonds is 4. The zero-order chi connectivity index (χ0) is 13.1. The molecule has 0 aliphatic carbocycles. The van der Waals surface area contributed by atoms with Crippen LogP contribution in [0.25, 0.3) is 0 Å². The van der Waals surface area contributed by atoms with E-state index in [0.29, 0.717) is 11.4 Å². The average molecular weight is 249 g/mol. The van der Waals surface area contributed by atoms with E-state index < -0.39 is 12.6 Å². The summed E-state index contributed by atoms with van der Waals surface area (Å²) >= 11 is 0. The van der Waals surface area contributed by atoms with E-state index in [1.165, 1.54) is 12.1 Å². The zero-order valence-electron chi connectivity index (χ0n) is 9.46. The van der Waals surface area contributed by atoms with Crippen LogP contribution in [0.2, 0.25) is 0 Å². The Morgan fingerprint density at radius 1 is 1.17 bits per heavy atom. The highest BCUT2D eigenvalue weighted by Gasteiger charge is 2.30. The molecule has 2 amide bonds. The Morgan fingerprint density at radius 3 is 2.22 bits per heavy atom. The lowest BCUT2D eigenvalue weighted by molar-refractivity contribution is -0.139. The van der Waals surface area contributed by atoms with Crippen LogP contribution in [0.3, 0.4) is 0 Å². The normalized spacial score (nSPS) is 15.0. The van der Waals surface area contributed by atoms with E-state index in [1.807, 2.05) is 0 Å². The Hall–Kier alpha value is -2.37. The molecule has 1 N–H and O–H groups in total. The van der Waals surface area contributed by atoms with Crippen LogP contribution in [-0.2, 0) is 14.4 Å². The Morgan fingerprint density at radius 2 is 1.72 bits per heavy atom. The molecule has 0 radical (unpaired) electrons. The predicted octanol–water partition coefficient (Wildman–Crippen LogP) is 0.803. The van der Waals surface area contributed by atoms with Crippen molar-refractivity contribution in [3.63, 3.8) is 0 Å². The molecular formula is C12H11NO5. The first-order valence-corrected chi connectivity index (χ1v) is 5.38. The number of hydrogen-bond acceptors (Lipinski definition) is 4. The predicted molar refractivity (Wildman–Crippen MR) is 61.3 cm³/mol. The number of amides is 2. The average Bonchev–Trinajstić information content (AvgIpc) is 2.67. The van der Waals surface area contributed by atoms with Crippen molar-refractivity contribution in [2.45, 2.75) is 12.8 Å². The standard InChI is InChI=1S/C12H11NO5/c14-10-5-6-11(15)13(10)8-1-3-9(4-2-8)18-7-12(16)17/h1-4H,5-7H2,(H,16,17). The van der Waals surface area contributed by atoms with Gasteiger partial charge >= 0.3 is 5.97 Å². The number of ether oxygens (including phenoxy) is 1. The van der Waals surface area contributed by atoms with Gasteiger partial charge in [-0.15, -0.1) is 0 Å². The van der Waals surface area contributed by atoms with Gasteiger partial charge < -0.3 is 9.84 Å². The number of carboxylic acids is 1. The van der Waals surface area contributed by atoms with Gasteiger partial charge in [0.2, 0.25) is 11.8 Å². The Balaban J connectivity index is 2.10. The number of carbonyl (C=O) groups is 3. The SMILES string of the molecule is O=C(O)COc1ccc(N2C(=O)CCC2=O)cc1. The van der Waals surface area contributed by atoms with E-state index in [9.17, 15) is 14.4 Å². The number of anilines is 1. The fraction of sp³-hybridized carbons (Fsp3) is 0.250. The molecule has 6 nitrogen and oxygen atoms in total. The lowest BCUT2D eigenvalue weighted by Crippen LogP contribution is -2.28. The summed E-state index contributed by atoms with van der Waals surface area (Å²) in [5.74, 6) is -1.14. The van der Waals surface area contributed by atoms with Crippen molar-refractivity contribution in [3.8, 4) is 5.75 Å². The second kappa shape index (κ2) is 4.87. The zero-order valence-corrected chi connectivity index (χ0v) is 9.46. The van der Waals surface area contributed by atoms with E-state index in [0.717, 1.165) is 4.90 Å². The molecule has 0 saturated carbocycles. The van der Waals surface area contributed by atoms with Gasteiger partial charge in [-0.25, -0.2) is 4.79 Å². The highest BCUT2D eigenvalue weighted by atomic mass is 16.5. The maximum absolute atomic E-state index is 11.5. The molecule has 0 atom stereocenters. The molecule has 1 aromatic carbocycles. The molecule has 1 fully saturated rings. The highest BCUT2D eigenvalue weighted by molar-refractivity contribution is 6.19. The summed E-state index contributed by atoms with van der Waals surface area (Å²) in [6, 6.07) is 6.16. The molecule has 18 heavy (non-hydrogen) atoms. The second-order valence-electron chi connectivity index (χ2n) is 3.80. The van der Waals surface area contributed by atoms with Crippen LogP contribution in [0.15, 0.2) is 24.3 Å². The van der Waals surface area contributed by atoms with Gasteiger partial charge in [0.15, 0.2) is 6.61 Å². The van der Waals surface area contributed by atoms with Crippen molar-refractivity contribution in [1.29, 1.82) is 0 Å². The molecule has 1 aromatic rings. The van der Waals surface area contributed by atoms with Crippen LogP contribution in [0.1, 0.15) is 12.8 Å². The molecule has 2 rings (SSSR count). The van der Waals surface area contributed by atoms with E-state index in [1.54, 1.807) is 12.1 Å². The van der Waals surface area contributed by atoms with Gasteiger partial charge in [-0.3, -0.25) is 14.5 Å². The van der Waals surface area contributed by atoms with E-state index in [-0.39, 0.29) is 24.7 Å². The molecule has 0 aromatic heterocycles. The molecule has 94 valence electrons. The summed E-state index contributed by atoms with van der Waals surface area (Å²) in [4.78, 5) is 34.4. The molecule has 1 aliphatic heterocycles. The third kappa shape index (κ3) is 2.48. The molecule has 1 heterocycles. The minimum Gasteiger partial charge on any atom is -0.482 e. The fourth-order valence-electron chi connectivity index (χ4n) is 1.70. The van der Waals surface area contributed by atoms with Crippen molar-refractivity contribution < 1.29 is 24.2 Å². The minimum absolute atomic E-state index is 0.223. The lowest BCUT2D eigenvalue weighted by Gasteiger charge is -2.14. The molecular weight excluding hydrogens is 238 g/mol. The molecule has 1 aliphatic rings. The summed E-state index contributed by atoms with van der Waals surface area (Å²) in [6.07, 6.45) is 0.464. The maximum atomic E-state index is 11.5. The first-order chi connectivity index (χ1) is 8.58. The van der Waals surface area contributed by atoms with E-state index in [4.69, 9.17) is 9.84 Å². The van der Waals surface area contributed by atoms with Crippen molar-refractivity contribution in [1.82, 2.24) is 0 Å². The van der Waals surface area contributed by atoms with Crippen molar-refractivity contribution in [2.24, 2.45) is 0 Å². The number of imide groups is 1. The number of carboxylic acid groups (broad SMARTS) is 1. The number of nitrogens with zero attached hydrogens (tertiary/aromatic N) is 1. The van der Waals surface area contributed by atoms with Gasteiger partial charge in [-0.05, 0) is 24.3 Å². The van der Waals surface area contributed by atoms with Gasteiger partial charge in [0.25, 0.3) is 0 Å². The van der Waals surface area contributed by atoms with Gasteiger partial charge in [-0.1, -0.05) is 0 Å². The third-order valence-corrected chi connectivity index (χ3v) is 2.51. The summed E-state index contributed by atoms with van der Waals surface area (Å²) in [5.41, 5.74) is 0.477. The van der Waals surface area contributed by atoms with Crippen molar-refractivity contribution >= 4 is 23.5 Å². The second-order valence-corrected chi connectivity index (χ2v) is 3.80. The third-order valence-electron chi connectivity index (χ3n) is 2.51. The van der Waals surface area contributed by atoms with Crippen LogP contribution in [0.4, 0.5) is 5.69 Å². The molecule has 0 bridgehead atoms. The monoisotopic (exact) mass is 249 g/mol. The van der Waals surface area contributed by atoms with E-state index in [2.05, 4.69) is 0 Å². The Labute approximate surface area is 103 Å². The molecule has 1 saturated heterocycles. The van der Waals surface area contributed by atoms with Crippen molar-refractivity contribution in [2.75, 3.05) is 11.5 Å². The first-order valence-electron chi connectivity index (χ1n) is 5.38. The molecule has 0 unspecified atom stereocenters. The number of hydrogen-bond donors (Lipinski definition) is 1. The van der Waals surface area contributed by atoms with Crippen LogP contribution in [0, 0.1) is 0 Å². The lowest BCUT2D eigenvalue weighted by atomic mass is 10.3. The fourth-order valence-corrected chi connectivity index (χ4v) is 1.70. The van der Waals surface area contributed by atoms with Gasteiger partial charge in [-0.2, -0.15) is 0 Å². The quantitative estimate of drug-likeness (QED) is 0.798. The summed E-state index contributed by atoms with van der Waals surface area (Å²) < 4.78 is 4.95. The van der Waals surface area contributed by atoms with Crippen LogP contribution >= 0.6 is 0 Å². The van der Waals surface area contributed by atoms with Gasteiger partial charge in [0.05, 0.1) is 5.69 Å². The maximum Gasteiger partial charge on any atom is 0.341 e. The Bertz CT molecular complexity index is 478. The smallest absolute Gasteiger partial charge is 0.341 e. The number of carbonyl (C=O) groups excluding carboxylic acids is 2. The first kappa shape index (κ1) is 12.1. The van der Waals surface area contributed by atoms with E-state index >= 15 is 0 Å². The summed E-state index contributed by atoms with van der Waals surface area (Å²) in [5, 5.41) is 8.45. The largest absolute Gasteiger partial charge is 0.482 e. The number of benzene rings is 1. The molecule has 0 spiro atoms. The van der Waals surface area contributed by atoms with Crippen LogP contribution < -0.4 is 9.64 Å². The number of aliphatic carboxylic acids is 1. The summed E-state index contributed by atoms with van der Waals surface area (Å²) in [7, 11) is 0. The highest BCUT2D eigenvalue weighted by Crippen LogP contribution is 2.24. The van der Waals surface area contributed by atoms with Crippen LogP contribution in [0.5, 0.6) is 5.75 Å². The van der Waals surface area contributed by atoms with Crippen molar-refractivity contribution in [3.05, 3.63) is 24.3 Å². The Kier molecular flexibility index (Phi) is 3.27. The summed E-state index contributed by atoms with van der Waals surface area (Å²) in [6.45, 7) is -0.430. The van der Waals surface area contributed by atoms with Crippen LogP contribution in [-0.4, -0.2) is 29.5 Å². The van der Waals surface area contributed by atoms with Gasteiger partial charge in [0.1, 0.15) is 5.75 Å².